The summed E-state index contributed by atoms with van der Waals surface area (Å²) in [6, 6.07) is 63.5. The van der Waals surface area contributed by atoms with E-state index in [4.69, 9.17) is 4.42 Å². The first kappa shape index (κ1) is 27.7. The number of benzene rings is 8. The maximum atomic E-state index is 6.17. The lowest BCUT2D eigenvalue weighted by atomic mass is 10.0. The quantitative estimate of drug-likeness (QED) is 0.175. The Morgan fingerprint density at radius 3 is 1.63 bits per heavy atom. The molecule has 12 aromatic rings. The number of nitrogens with zero attached hydrogens (tertiary/aromatic N) is 3. The monoisotopic (exact) mass is 663 g/mol. The van der Waals surface area contributed by atoms with E-state index in [9.17, 15) is 0 Å². The van der Waals surface area contributed by atoms with Gasteiger partial charge in [0.05, 0.1) is 33.1 Å². The van der Waals surface area contributed by atoms with E-state index in [1.54, 1.807) is 0 Å². The second kappa shape index (κ2) is 10.3. The van der Waals surface area contributed by atoms with Gasteiger partial charge in [0.25, 0.3) is 0 Å². The van der Waals surface area contributed by atoms with Gasteiger partial charge in [-0.3, -0.25) is 0 Å². The number of hydrogen-bond donors (Lipinski definition) is 0. The van der Waals surface area contributed by atoms with Gasteiger partial charge < -0.3 is 18.1 Å². The normalized spacial score (nSPS) is 12.2. The lowest BCUT2D eigenvalue weighted by Crippen LogP contribution is -2.09. The van der Waals surface area contributed by atoms with Crippen molar-refractivity contribution >= 4 is 93.6 Å². The summed E-state index contributed by atoms with van der Waals surface area (Å²) in [4.78, 5) is 2.32. The molecule has 0 amide bonds. The van der Waals surface area contributed by atoms with E-state index >= 15 is 0 Å². The second-order valence-electron chi connectivity index (χ2n) is 13.8. The van der Waals surface area contributed by atoms with Crippen LogP contribution in [0.4, 0.5) is 17.1 Å². The predicted molar refractivity (Wildman–Crippen MR) is 217 cm³/mol. The van der Waals surface area contributed by atoms with Gasteiger partial charge in [-0.15, -0.1) is 0 Å². The third-order valence-corrected chi connectivity index (χ3v) is 11.0. The number of aromatic nitrogens is 2. The Morgan fingerprint density at radius 2 is 0.865 bits per heavy atom. The molecular weight excluding hydrogens is 635 g/mol. The molecule has 4 aromatic heterocycles. The Balaban J connectivity index is 1.03. The summed E-state index contributed by atoms with van der Waals surface area (Å²) in [5.74, 6) is 0. The Bertz CT molecular complexity index is 3350. The maximum absolute atomic E-state index is 6.17. The van der Waals surface area contributed by atoms with Gasteiger partial charge in [0, 0.05) is 49.4 Å². The van der Waals surface area contributed by atoms with Crippen molar-refractivity contribution in [3.63, 3.8) is 0 Å². The van der Waals surface area contributed by atoms with Gasteiger partial charge >= 0.3 is 0 Å². The number of furan rings is 1. The van der Waals surface area contributed by atoms with Crippen LogP contribution < -0.4 is 4.90 Å². The average Bonchev–Trinajstić information content (AvgIpc) is 3.86. The lowest BCUT2D eigenvalue weighted by molar-refractivity contribution is 0.669. The third-order valence-electron chi connectivity index (χ3n) is 11.0. The van der Waals surface area contributed by atoms with Crippen molar-refractivity contribution in [2.75, 3.05) is 4.90 Å². The van der Waals surface area contributed by atoms with Crippen LogP contribution in [0.3, 0.4) is 0 Å². The van der Waals surface area contributed by atoms with E-state index in [0.717, 1.165) is 39.0 Å². The summed E-state index contributed by atoms with van der Waals surface area (Å²) >= 11 is 0. The van der Waals surface area contributed by atoms with Gasteiger partial charge in [-0.25, -0.2) is 0 Å². The van der Waals surface area contributed by atoms with Crippen LogP contribution in [0.5, 0.6) is 0 Å². The molecule has 0 aliphatic heterocycles. The molecule has 0 unspecified atom stereocenters. The summed E-state index contributed by atoms with van der Waals surface area (Å²) in [6.07, 6.45) is 0. The molecule has 52 heavy (non-hydrogen) atoms. The zero-order valence-electron chi connectivity index (χ0n) is 28.0. The molecule has 0 spiro atoms. The molecule has 4 heterocycles. The van der Waals surface area contributed by atoms with Gasteiger partial charge in [-0.1, -0.05) is 103 Å². The smallest absolute Gasteiger partial charge is 0.135 e. The third kappa shape index (κ3) is 3.70. The highest BCUT2D eigenvalue weighted by molar-refractivity contribution is 6.25. The van der Waals surface area contributed by atoms with Crippen LogP contribution >= 0.6 is 0 Å². The average molecular weight is 664 g/mol. The molecule has 0 atom stereocenters. The number of anilines is 3. The van der Waals surface area contributed by atoms with Gasteiger partial charge in [0.15, 0.2) is 0 Å². The summed E-state index contributed by atoms with van der Waals surface area (Å²) in [5.41, 5.74) is 14.9. The highest BCUT2D eigenvalue weighted by atomic mass is 16.3. The molecule has 0 aliphatic carbocycles. The van der Waals surface area contributed by atoms with Crippen molar-refractivity contribution in [1.82, 2.24) is 8.80 Å². The fraction of sp³-hybridized carbons (Fsp3) is 0. The highest BCUT2D eigenvalue weighted by Crippen LogP contribution is 2.43. The lowest BCUT2D eigenvalue weighted by Gasteiger charge is -2.25. The Kier molecular flexibility index (Phi) is 5.47. The molecule has 8 aromatic carbocycles. The predicted octanol–water partition coefficient (Wildman–Crippen LogP) is 13.3. The van der Waals surface area contributed by atoms with Crippen molar-refractivity contribution in [2.45, 2.75) is 0 Å². The van der Waals surface area contributed by atoms with E-state index < -0.39 is 0 Å². The van der Waals surface area contributed by atoms with Gasteiger partial charge in [0.1, 0.15) is 11.2 Å². The van der Waals surface area contributed by atoms with Crippen LogP contribution in [-0.4, -0.2) is 8.80 Å². The maximum Gasteiger partial charge on any atom is 0.135 e. The van der Waals surface area contributed by atoms with Crippen LogP contribution in [0.2, 0.25) is 0 Å². The van der Waals surface area contributed by atoms with Crippen LogP contribution in [0.1, 0.15) is 0 Å². The fourth-order valence-electron chi connectivity index (χ4n) is 8.75. The van der Waals surface area contributed by atoms with Crippen molar-refractivity contribution in [2.24, 2.45) is 0 Å². The van der Waals surface area contributed by atoms with E-state index in [0.29, 0.717) is 0 Å². The number of para-hydroxylation sites is 5. The molecular formula is C48H29N3O. The number of rotatable bonds is 4. The molecule has 242 valence electrons. The van der Waals surface area contributed by atoms with E-state index in [-0.39, 0.29) is 0 Å². The zero-order valence-corrected chi connectivity index (χ0v) is 28.0. The largest absolute Gasteiger partial charge is 0.456 e. The van der Waals surface area contributed by atoms with Crippen LogP contribution in [0, 0.1) is 0 Å². The van der Waals surface area contributed by atoms with Gasteiger partial charge in [-0.2, -0.15) is 0 Å². The van der Waals surface area contributed by atoms with E-state index in [1.165, 1.54) is 65.8 Å². The molecule has 4 nitrogen and oxygen atoms in total. The molecule has 0 fully saturated rings. The molecule has 0 saturated heterocycles. The van der Waals surface area contributed by atoms with Crippen molar-refractivity contribution < 1.29 is 4.42 Å². The standard InChI is InChI=1S/C48H29N3O/c1-2-10-32(11-3-1)49(34-23-27-46-40(29-34)37-13-5-9-17-45(37)52-46)33-21-18-30(19-22-33)31-20-24-36-39-26-25-38-35-12-4-6-14-41(35)50-42-15-7-8-16-43(42)51(44(36)28-31)48(39)47(38)50/h1-29H. The summed E-state index contributed by atoms with van der Waals surface area (Å²) in [6.45, 7) is 0. The SMILES string of the molecule is c1ccc(N(c2ccc(-c3ccc4c5ccc6c7ccccc7n7c8ccccc8n(c4c3)c5c67)cc2)c2ccc3oc4ccccc4c3c2)cc1. The van der Waals surface area contributed by atoms with Crippen LogP contribution in [0.25, 0.3) is 87.7 Å². The highest BCUT2D eigenvalue weighted by Gasteiger charge is 2.22. The van der Waals surface area contributed by atoms with Gasteiger partial charge in [-0.05, 0) is 83.9 Å². The van der Waals surface area contributed by atoms with E-state index in [2.05, 4.69) is 177 Å². The minimum absolute atomic E-state index is 0.894. The van der Waals surface area contributed by atoms with Crippen molar-refractivity contribution in [1.29, 1.82) is 0 Å². The first-order valence-corrected chi connectivity index (χ1v) is 17.8. The molecule has 12 rings (SSSR count). The topological polar surface area (TPSA) is 25.2 Å². The second-order valence-corrected chi connectivity index (χ2v) is 13.8. The number of hydrogen-bond acceptors (Lipinski definition) is 2. The van der Waals surface area contributed by atoms with E-state index in [1.807, 2.05) is 12.1 Å². The minimum atomic E-state index is 0.894. The molecule has 0 bridgehead atoms. The molecule has 0 N–H and O–H groups in total. The summed E-state index contributed by atoms with van der Waals surface area (Å²) < 4.78 is 11.1. The van der Waals surface area contributed by atoms with Crippen LogP contribution in [-0.2, 0) is 0 Å². The molecule has 4 heteroatoms. The van der Waals surface area contributed by atoms with Crippen molar-refractivity contribution in [3.05, 3.63) is 176 Å². The first-order valence-electron chi connectivity index (χ1n) is 17.8. The summed E-state index contributed by atoms with van der Waals surface area (Å²) in [5, 5.41) is 7.37. The Hall–Kier alpha value is -7.04. The molecule has 0 aliphatic rings. The first-order chi connectivity index (χ1) is 25.8. The zero-order chi connectivity index (χ0) is 33.9. The van der Waals surface area contributed by atoms with Crippen molar-refractivity contribution in [3.8, 4) is 11.1 Å². The fourth-order valence-corrected chi connectivity index (χ4v) is 8.75. The molecule has 0 saturated carbocycles. The Morgan fingerprint density at radius 1 is 0.327 bits per heavy atom. The van der Waals surface area contributed by atoms with Gasteiger partial charge in [0.2, 0.25) is 0 Å². The Labute approximate surface area is 297 Å². The summed E-state index contributed by atoms with van der Waals surface area (Å²) in [7, 11) is 0. The molecule has 0 radical (unpaired) electrons. The van der Waals surface area contributed by atoms with Crippen LogP contribution in [0.15, 0.2) is 180 Å². The number of fused-ring (bicyclic) bond motifs is 12. The minimum Gasteiger partial charge on any atom is -0.456 e.